The van der Waals surface area contributed by atoms with Crippen molar-refractivity contribution >= 4 is 22.2 Å². The molecule has 1 amide bonds. The second-order valence-electron chi connectivity index (χ2n) is 3.95. The molecule has 0 aromatic carbocycles. The molecule has 0 unspecified atom stereocenters. The highest BCUT2D eigenvalue weighted by atomic mass is 32.1. The number of rotatable bonds is 3. The van der Waals surface area contributed by atoms with Crippen LogP contribution >= 0.6 is 11.3 Å². The molecule has 0 aliphatic rings. The predicted octanol–water partition coefficient (Wildman–Crippen LogP) is 1.37. The Hall–Kier alpha value is -1.43. The van der Waals surface area contributed by atoms with E-state index in [0.717, 1.165) is 15.7 Å². The molecule has 0 radical (unpaired) electrons. The van der Waals surface area contributed by atoms with Crippen molar-refractivity contribution in [3.8, 4) is 0 Å². The topological polar surface area (TPSA) is 59.3 Å². The smallest absolute Gasteiger partial charge is 0.222 e. The number of aryl methyl sites for hydroxylation is 1. The predicted molar refractivity (Wildman–Crippen MR) is 62.3 cm³/mol. The molecule has 0 spiro atoms. The van der Waals surface area contributed by atoms with Gasteiger partial charge in [0.15, 0.2) is 0 Å². The molecule has 0 atom stereocenters. The highest BCUT2D eigenvalue weighted by molar-refractivity contribution is 7.16. The van der Waals surface area contributed by atoms with Crippen LogP contribution in [0.5, 0.6) is 0 Å². The van der Waals surface area contributed by atoms with Gasteiger partial charge in [0.25, 0.3) is 0 Å². The molecule has 2 rings (SSSR count). The van der Waals surface area contributed by atoms with E-state index in [1.807, 2.05) is 27.0 Å². The Morgan fingerprint density at radius 3 is 3.00 bits per heavy atom. The summed E-state index contributed by atoms with van der Waals surface area (Å²) < 4.78 is 1.75. The van der Waals surface area contributed by atoms with Crippen LogP contribution in [-0.2, 0) is 11.3 Å². The Bertz CT molecular complexity index is 482. The lowest BCUT2D eigenvalue weighted by atomic mass is 10.2. The van der Waals surface area contributed by atoms with E-state index in [4.69, 9.17) is 0 Å². The molecule has 0 fully saturated rings. The SMILES string of the molecule is Cc1nn2cc(CNC(=O)C(C)C)nc2s1. The van der Waals surface area contributed by atoms with Crippen molar-refractivity contribution in [1.29, 1.82) is 0 Å². The molecule has 6 heteroatoms. The molecule has 0 saturated carbocycles. The molecule has 0 saturated heterocycles. The largest absolute Gasteiger partial charge is 0.350 e. The van der Waals surface area contributed by atoms with Crippen LogP contribution in [0.3, 0.4) is 0 Å². The average Bonchev–Trinajstić information content (AvgIpc) is 2.70. The van der Waals surface area contributed by atoms with E-state index in [9.17, 15) is 4.79 Å². The fraction of sp³-hybridized carbons (Fsp3) is 0.500. The lowest BCUT2D eigenvalue weighted by molar-refractivity contribution is -0.124. The maximum Gasteiger partial charge on any atom is 0.222 e. The third kappa shape index (κ3) is 2.21. The minimum atomic E-state index is 0.00380. The number of hydrogen-bond acceptors (Lipinski definition) is 4. The van der Waals surface area contributed by atoms with Crippen LogP contribution in [0.2, 0.25) is 0 Å². The molecule has 2 aromatic rings. The quantitative estimate of drug-likeness (QED) is 0.878. The van der Waals surface area contributed by atoms with E-state index in [-0.39, 0.29) is 11.8 Å². The molecule has 1 N–H and O–H groups in total. The molecule has 0 aliphatic carbocycles. The Labute approximate surface area is 97.5 Å². The van der Waals surface area contributed by atoms with Crippen molar-refractivity contribution in [2.24, 2.45) is 5.92 Å². The number of fused-ring (bicyclic) bond motifs is 1. The number of amides is 1. The molecule has 0 aliphatic heterocycles. The van der Waals surface area contributed by atoms with Gasteiger partial charge in [0.05, 0.1) is 18.4 Å². The third-order valence-corrected chi connectivity index (χ3v) is 3.00. The summed E-state index contributed by atoms with van der Waals surface area (Å²) in [5.41, 5.74) is 0.841. The Morgan fingerprint density at radius 2 is 2.38 bits per heavy atom. The van der Waals surface area contributed by atoms with E-state index in [0.29, 0.717) is 6.54 Å². The van der Waals surface area contributed by atoms with E-state index < -0.39 is 0 Å². The molecular formula is C10H14N4OS. The summed E-state index contributed by atoms with van der Waals surface area (Å²) in [6, 6.07) is 0. The lowest BCUT2D eigenvalue weighted by Crippen LogP contribution is -2.27. The monoisotopic (exact) mass is 238 g/mol. The first-order chi connectivity index (χ1) is 7.56. The average molecular weight is 238 g/mol. The summed E-state index contributed by atoms with van der Waals surface area (Å²) in [6.07, 6.45) is 1.85. The van der Waals surface area contributed by atoms with Crippen LogP contribution in [0, 0.1) is 12.8 Å². The van der Waals surface area contributed by atoms with E-state index in [1.54, 1.807) is 15.9 Å². The summed E-state index contributed by atoms with van der Waals surface area (Å²) in [7, 11) is 0. The molecule has 16 heavy (non-hydrogen) atoms. The second-order valence-corrected chi connectivity index (χ2v) is 5.11. The fourth-order valence-corrected chi connectivity index (χ4v) is 2.05. The molecule has 0 bridgehead atoms. The third-order valence-electron chi connectivity index (χ3n) is 2.16. The van der Waals surface area contributed by atoms with Gasteiger partial charge in [-0.15, -0.1) is 0 Å². The van der Waals surface area contributed by atoms with Gasteiger partial charge in [-0.25, -0.2) is 9.50 Å². The lowest BCUT2D eigenvalue weighted by Gasteiger charge is -2.04. The summed E-state index contributed by atoms with van der Waals surface area (Å²) in [5, 5.41) is 8.07. The summed E-state index contributed by atoms with van der Waals surface area (Å²) >= 11 is 1.54. The van der Waals surface area contributed by atoms with Gasteiger partial charge >= 0.3 is 0 Å². The van der Waals surface area contributed by atoms with Crippen LogP contribution in [0.4, 0.5) is 0 Å². The van der Waals surface area contributed by atoms with Gasteiger partial charge in [-0.3, -0.25) is 4.79 Å². The first kappa shape index (κ1) is 11.1. The standard InChI is InChI=1S/C10H14N4OS/c1-6(2)9(15)11-4-8-5-14-10(12-8)16-7(3)13-14/h5-6H,4H2,1-3H3,(H,11,15). The summed E-state index contributed by atoms with van der Waals surface area (Å²) in [4.78, 5) is 16.6. The van der Waals surface area contributed by atoms with Gasteiger partial charge in [0.1, 0.15) is 5.01 Å². The fourth-order valence-electron chi connectivity index (χ4n) is 1.31. The van der Waals surface area contributed by atoms with Crippen LogP contribution in [0.1, 0.15) is 24.5 Å². The first-order valence-corrected chi connectivity index (χ1v) is 5.97. The molecule has 2 aromatic heterocycles. The number of nitrogens with one attached hydrogen (secondary N) is 1. The summed E-state index contributed by atoms with van der Waals surface area (Å²) in [6.45, 7) is 6.14. The van der Waals surface area contributed by atoms with Gasteiger partial charge in [-0.05, 0) is 6.92 Å². The van der Waals surface area contributed by atoms with Crippen LogP contribution < -0.4 is 5.32 Å². The maximum atomic E-state index is 11.4. The van der Waals surface area contributed by atoms with Crippen molar-refractivity contribution in [3.05, 3.63) is 16.9 Å². The van der Waals surface area contributed by atoms with Crippen molar-refractivity contribution in [3.63, 3.8) is 0 Å². The summed E-state index contributed by atoms with van der Waals surface area (Å²) in [5.74, 6) is 0.0459. The molecule has 86 valence electrons. The van der Waals surface area contributed by atoms with Gasteiger partial charge < -0.3 is 5.32 Å². The number of carbonyl (C=O) groups excluding carboxylic acids is 1. The second kappa shape index (κ2) is 4.21. The van der Waals surface area contributed by atoms with Crippen LogP contribution in [-0.4, -0.2) is 20.5 Å². The zero-order valence-electron chi connectivity index (χ0n) is 9.52. The van der Waals surface area contributed by atoms with Gasteiger partial charge in [0, 0.05) is 5.92 Å². The maximum absolute atomic E-state index is 11.4. The normalized spacial score (nSPS) is 11.2. The number of carbonyl (C=O) groups is 1. The highest BCUT2D eigenvalue weighted by Gasteiger charge is 2.09. The van der Waals surface area contributed by atoms with Crippen LogP contribution in [0.15, 0.2) is 6.20 Å². The minimum Gasteiger partial charge on any atom is -0.350 e. The van der Waals surface area contributed by atoms with E-state index in [1.165, 1.54) is 0 Å². The van der Waals surface area contributed by atoms with Gasteiger partial charge in [-0.1, -0.05) is 25.2 Å². The van der Waals surface area contributed by atoms with Crippen molar-refractivity contribution < 1.29 is 4.79 Å². The molecule has 2 heterocycles. The van der Waals surface area contributed by atoms with E-state index >= 15 is 0 Å². The van der Waals surface area contributed by atoms with Crippen LogP contribution in [0.25, 0.3) is 4.96 Å². The van der Waals surface area contributed by atoms with Gasteiger partial charge in [0.2, 0.25) is 10.9 Å². The Kier molecular flexibility index (Phi) is 2.91. The van der Waals surface area contributed by atoms with E-state index in [2.05, 4.69) is 15.4 Å². The van der Waals surface area contributed by atoms with Crippen molar-refractivity contribution in [2.75, 3.05) is 0 Å². The number of imidazole rings is 1. The number of aromatic nitrogens is 3. The van der Waals surface area contributed by atoms with Crippen molar-refractivity contribution in [1.82, 2.24) is 19.9 Å². The Balaban J connectivity index is 2.04. The van der Waals surface area contributed by atoms with Crippen molar-refractivity contribution in [2.45, 2.75) is 27.3 Å². The zero-order chi connectivity index (χ0) is 11.7. The number of nitrogens with zero attached hydrogens (tertiary/aromatic N) is 3. The van der Waals surface area contributed by atoms with Gasteiger partial charge in [-0.2, -0.15) is 5.10 Å². The first-order valence-electron chi connectivity index (χ1n) is 5.15. The highest BCUT2D eigenvalue weighted by Crippen LogP contribution is 2.13. The Morgan fingerprint density at radius 1 is 1.62 bits per heavy atom. The number of hydrogen-bond donors (Lipinski definition) is 1. The minimum absolute atomic E-state index is 0.00380. The molecular weight excluding hydrogens is 224 g/mol. The molecule has 5 nitrogen and oxygen atoms in total. The zero-order valence-corrected chi connectivity index (χ0v) is 10.3.